The van der Waals surface area contributed by atoms with Crippen LogP contribution in [-0.4, -0.2) is 21.5 Å². The number of benzene rings is 2. The van der Waals surface area contributed by atoms with Gasteiger partial charge in [-0.05, 0) is 37.1 Å². The highest BCUT2D eigenvalue weighted by molar-refractivity contribution is 6.08. The summed E-state index contributed by atoms with van der Waals surface area (Å²) in [6.45, 7) is 5.03. The van der Waals surface area contributed by atoms with E-state index in [4.69, 9.17) is 9.97 Å². The monoisotopic (exact) mass is 343 g/mol. The smallest absolute Gasteiger partial charge is 0.223 e. The van der Waals surface area contributed by atoms with Crippen molar-refractivity contribution < 1.29 is 0 Å². The maximum Gasteiger partial charge on any atom is 0.223 e. The van der Waals surface area contributed by atoms with E-state index < -0.39 is 0 Å². The highest BCUT2D eigenvalue weighted by Gasteiger charge is 2.12. The number of pyridine rings is 1. The summed E-state index contributed by atoms with van der Waals surface area (Å²) in [5.74, 6) is 1.37. The number of aromatic nitrogens is 3. The predicted molar refractivity (Wildman–Crippen MR) is 108 cm³/mol. The number of anilines is 3. The Labute approximate surface area is 152 Å². The van der Waals surface area contributed by atoms with Crippen molar-refractivity contribution >= 4 is 39.3 Å². The number of aryl methyl sites for hydroxylation is 1. The molecule has 26 heavy (non-hydrogen) atoms. The third-order valence-electron chi connectivity index (χ3n) is 4.26. The van der Waals surface area contributed by atoms with Gasteiger partial charge in [-0.3, -0.25) is 0 Å². The van der Waals surface area contributed by atoms with E-state index in [0.29, 0.717) is 5.95 Å². The first-order valence-electron chi connectivity index (χ1n) is 8.87. The van der Waals surface area contributed by atoms with E-state index in [-0.39, 0.29) is 0 Å². The van der Waals surface area contributed by atoms with E-state index in [1.165, 1.54) is 5.56 Å². The average molecular weight is 343 g/mol. The SMILES string of the molecule is CCCNc1ncc2c(n1)c(Nc1ccccc1)nc1cc(C)ccc12. The van der Waals surface area contributed by atoms with Crippen molar-refractivity contribution in [1.29, 1.82) is 0 Å². The fourth-order valence-corrected chi connectivity index (χ4v) is 2.96. The van der Waals surface area contributed by atoms with Gasteiger partial charge in [0.2, 0.25) is 5.95 Å². The van der Waals surface area contributed by atoms with Crippen LogP contribution in [0.15, 0.2) is 54.7 Å². The zero-order valence-electron chi connectivity index (χ0n) is 15.0. The summed E-state index contributed by atoms with van der Waals surface area (Å²) in [7, 11) is 0. The van der Waals surface area contributed by atoms with Gasteiger partial charge in [0.15, 0.2) is 5.82 Å². The second-order valence-corrected chi connectivity index (χ2v) is 6.35. The van der Waals surface area contributed by atoms with Crippen LogP contribution in [0.5, 0.6) is 0 Å². The van der Waals surface area contributed by atoms with Crippen LogP contribution in [0.1, 0.15) is 18.9 Å². The van der Waals surface area contributed by atoms with Gasteiger partial charge >= 0.3 is 0 Å². The maximum atomic E-state index is 4.85. The van der Waals surface area contributed by atoms with E-state index in [2.05, 4.69) is 47.7 Å². The van der Waals surface area contributed by atoms with Crippen molar-refractivity contribution in [2.24, 2.45) is 0 Å². The molecule has 0 aliphatic carbocycles. The summed E-state index contributed by atoms with van der Waals surface area (Å²) < 4.78 is 0. The predicted octanol–water partition coefficient (Wildman–Crippen LogP) is 5.05. The highest BCUT2D eigenvalue weighted by Crippen LogP contribution is 2.30. The summed E-state index contributed by atoms with van der Waals surface area (Å²) in [6, 6.07) is 16.3. The molecule has 130 valence electrons. The van der Waals surface area contributed by atoms with E-state index in [1.807, 2.05) is 36.5 Å². The summed E-state index contributed by atoms with van der Waals surface area (Å²) in [6.07, 6.45) is 2.90. The zero-order chi connectivity index (χ0) is 17.9. The van der Waals surface area contributed by atoms with Gasteiger partial charge in [0.05, 0.1) is 5.52 Å². The topological polar surface area (TPSA) is 62.7 Å². The lowest BCUT2D eigenvalue weighted by atomic mass is 10.1. The first-order valence-corrected chi connectivity index (χ1v) is 8.87. The molecule has 0 bridgehead atoms. The van der Waals surface area contributed by atoms with Crippen molar-refractivity contribution in [3.8, 4) is 0 Å². The molecule has 2 N–H and O–H groups in total. The first kappa shape index (κ1) is 16.3. The quantitative estimate of drug-likeness (QED) is 0.496. The van der Waals surface area contributed by atoms with Crippen molar-refractivity contribution in [3.63, 3.8) is 0 Å². The van der Waals surface area contributed by atoms with Crippen molar-refractivity contribution in [2.75, 3.05) is 17.2 Å². The molecule has 0 amide bonds. The Hall–Kier alpha value is -3.21. The largest absolute Gasteiger partial charge is 0.354 e. The summed E-state index contributed by atoms with van der Waals surface area (Å²) >= 11 is 0. The van der Waals surface area contributed by atoms with Gasteiger partial charge in [-0.1, -0.05) is 37.3 Å². The molecular weight excluding hydrogens is 322 g/mol. The Morgan fingerprint density at radius 3 is 2.62 bits per heavy atom. The van der Waals surface area contributed by atoms with Crippen LogP contribution in [0.3, 0.4) is 0 Å². The third-order valence-corrected chi connectivity index (χ3v) is 4.26. The van der Waals surface area contributed by atoms with Gasteiger partial charge in [-0.2, -0.15) is 0 Å². The lowest BCUT2D eigenvalue weighted by molar-refractivity contribution is 0.957. The van der Waals surface area contributed by atoms with Gasteiger partial charge in [0, 0.05) is 29.2 Å². The van der Waals surface area contributed by atoms with Gasteiger partial charge < -0.3 is 10.6 Å². The van der Waals surface area contributed by atoms with Gasteiger partial charge in [0.25, 0.3) is 0 Å². The molecule has 0 saturated carbocycles. The number of fused-ring (bicyclic) bond motifs is 3. The molecule has 0 radical (unpaired) electrons. The maximum absolute atomic E-state index is 4.85. The standard InChI is InChI=1S/C21H21N5/c1-3-11-22-21-23-13-17-16-10-9-14(2)12-18(16)25-20(19(17)26-21)24-15-7-5-4-6-8-15/h4-10,12-13H,3,11H2,1-2H3,(H,24,25)(H,22,23,26). The Bertz CT molecular complexity index is 1060. The summed E-state index contributed by atoms with van der Waals surface area (Å²) in [5.41, 5.74) is 3.92. The minimum atomic E-state index is 0.628. The first-order chi connectivity index (χ1) is 12.7. The minimum Gasteiger partial charge on any atom is -0.354 e. The molecule has 0 aliphatic heterocycles. The molecule has 0 saturated heterocycles. The highest BCUT2D eigenvalue weighted by atomic mass is 15.1. The zero-order valence-corrected chi connectivity index (χ0v) is 15.0. The molecule has 2 aromatic carbocycles. The second-order valence-electron chi connectivity index (χ2n) is 6.35. The molecule has 4 rings (SSSR count). The normalized spacial score (nSPS) is 11.0. The van der Waals surface area contributed by atoms with Crippen LogP contribution in [-0.2, 0) is 0 Å². The average Bonchev–Trinajstić information content (AvgIpc) is 2.67. The van der Waals surface area contributed by atoms with Crippen LogP contribution >= 0.6 is 0 Å². The van der Waals surface area contributed by atoms with E-state index in [1.54, 1.807) is 0 Å². The Balaban J connectivity index is 1.92. The van der Waals surface area contributed by atoms with Gasteiger partial charge in [0.1, 0.15) is 5.52 Å². The van der Waals surface area contributed by atoms with Crippen molar-refractivity contribution in [2.45, 2.75) is 20.3 Å². The Morgan fingerprint density at radius 2 is 1.81 bits per heavy atom. The molecule has 5 nitrogen and oxygen atoms in total. The van der Waals surface area contributed by atoms with Crippen LogP contribution < -0.4 is 10.6 Å². The van der Waals surface area contributed by atoms with Gasteiger partial charge in [-0.15, -0.1) is 0 Å². The molecule has 2 heterocycles. The number of hydrogen-bond donors (Lipinski definition) is 2. The van der Waals surface area contributed by atoms with Gasteiger partial charge in [-0.25, -0.2) is 15.0 Å². The molecule has 4 aromatic rings. The van der Waals surface area contributed by atoms with Crippen LogP contribution in [0, 0.1) is 6.92 Å². The van der Waals surface area contributed by atoms with Crippen molar-refractivity contribution in [1.82, 2.24) is 15.0 Å². The van der Waals surface area contributed by atoms with E-state index in [0.717, 1.165) is 46.3 Å². The molecule has 0 fully saturated rings. The fraction of sp³-hybridized carbons (Fsp3) is 0.190. The number of rotatable bonds is 5. The van der Waals surface area contributed by atoms with Crippen LogP contribution in [0.4, 0.5) is 17.5 Å². The molecule has 2 aromatic heterocycles. The second kappa shape index (κ2) is 6.96. The van der Waals surface area contributed by atoms with Crippen LogP contribution in [0.25, 0.3) is 21.8 Å². The molecular formula is C21H21N5. The minimum absolute atomic E-state index is 0.628. The summed E-state index contributed by atoms with van der Waals surface area (Å²) in [5, 5.41) is 8.73. The fourth-order valence-electron chi connectivity index (χ4n) is 2.96. The lowest BCUT2D eigenvalue weighted by Gasteiger charge is -2.12. The van der Waals surface area contributed by atoms with E-state index >= 15 is 0 Å². The van der Waals surface area contributed by atoms with Crippen molar-refractivity contribution in [3.05, 3.63) is 60.3 Å². The Kier molecular flexibility index (Phi) is 4.35. The molecule has 5 heteroatoms. The van der Waals surface area contributed by atoms with Crippen LogP contribution in [0.2, 0.25) is 0 Å². The lowest BCUT2D eigenvalue weighted by Crippen LogP contribution is -2.05. The van der Waals surface area contributed by atoms with E-state index in [9.17, 15) is 0 Å². The Morgan fingerprint density at radius 1 is 0.962 bits per heavy atom. The molecule has 0 aliphatic rings. The molecule has 0 spiro atoms. The number of nitrogens with zero attached hydrogens (tertiary/aromatic N) is 3. The number of para-hydroxylation sites is 1. The number of nitrogens with one attached hydrogen (secondary N) is 2. The number of hydrogen-bond acceptors (Lipinski definition) is 5. The molecule has 0 atom stereocenters. The molecule has 0 unspecified atom stereocenters. The third kappa shape index (κ3) is 3.16. The summed E-state index contributed by atoms with van der Waals surface area (Å²) in [4.78, 5) is 14.1.